The smallest absolute Gasteiger partial charge is 0.261 e. The molecule has 0 saturated carbocycles. The molecule has 0 aliphatic carbocycles. The summed E-state index contributed by atoms with van der Waals surface area (Å²) in [5, 5.41) is 8.12. The van der Waals surface area contributed by atoms with Crippen LogP contribution in [0.2, 0.25) is 0 Å². The van der Waals surface area contributed by atoms with E-state index in [-0.39, 0.29) is 5.57 Å². The molecule has 0 bridgehead atoms. The summed E-state index contributed by atoms with van der Waals surface area (Å²) in [6, 6.07) is 15.1. The first kappa shape index (κ1) is 22.6. The van der Waals surface area contributed by atoms with Gasteiger partial charge < -0.3 is 16.4 Å². The number of benzene rings is 1. The molecule has 0 aliphatic rings. The maximum atomic E-state index is 12.5. The van der Waals surface area contributed by atoms with Crippen LogP contribution in [-0.2, 0) is 16.1 Å². The third-order valence-corrected chi connectivity index (χ3v) is 5.16. The van der Waals surface area contributed by atoms with E-state index in [1.54, 1.807) is 31.4 Å². The van der Waals surface area contributed by atoms with E-state index in [4.69, 9.17) is 15.7 Å². The number of hydrogen-bond acceptors (Lipinski definition) is 8. The summed E-state index contributed by atoms with van der Waals surface area (Å²) in [6.07, 6.45) is 3.44. The largest absolute Gasteiger partial charge is 0.393 e. The van der Waals surface area contributed by atoms with Crippen molar-refractivity contribution in [2.75, 3.05) is 19.8 Å². The average Bonchev–Trinajstić information content (AvgIpc) is 3.22. The van der Waals surface area contributed by atoms with Gasteiger partial charge in [0.1, 0.15) is 11.3 Å². The number of nitrogen functional groups attached to an aromatic ring is 1. The van der Waals surface area contributed by atoms with Crippen molar-refractivity contribution >= 4 is 34.9 Å². The van der Waals surface area contributed by atoms with Gasteiger partial charge in [0.25, 0.3) is 5.91 Å². The number of hydrogen-bond donors (Lipinski definition) is 4. The van der Waals surface area contributed by atoms with Gasteiger partial charge in [0.15, 0.2) is 11.5 Å². The van der Waals surface area contributed by atoms with Crippen molar-refractivity contribution in [1.29, 1.82) is 0 Å². The topological polar surface area (TPSA) is 140 Å². The number of amides is 2. The number of imidazole rings is 1. The van der Waals surface area contributed by atoms with Crippen LogP contribution in [0.25, 0.3) is 33.8 Å². The summed E-state index contributed by atoms with van der Waals surface area (Å²) in [5.74, 6) is 0.339. The van der Waals surface area contributed by atoms with Gasteiger partial charge in [-0.2, -0.15) is 0 Å². The molecule has 0 atom stereocenters. The summed E-state index contributed by atoms with van der Waals surface area (Å²) in [5.41, 5.74) is 10.5. The van der Waals surface area contributed by atoms with Crippen molar-refractivity contribution in [2.24, 2.45) is 0 Å². The van der Waals surface area contributed by atoms with Gasteiger partial charge in [-0.25, -0.2) is 15.0 Å². The Bertz CT molecular complexity index is 1380. The Morgan fingerprint density at radius 3 is 2.56 bits per heavy atom. The second kappa shape index (κ2) is 9.92. The standard InChI is InChI=1S/C24H24N8O2/c1-26-12-15-5-7-16(8-6-15)32-22(17-4-3-11-28-21(17)25)31-20-10-9-19(30-23(20)32)18(13-27-2)24(34)29-14-33/h3-11,13-14,26-27H,12H2,1-2H3,(H2,25,28)(H,29,33,34)/b18-13-. The van der Waals surface area contributed by atoms with Crippen LogP contribution in [0, 0.1) is 0 Å². The van der Waals surface area contributed by atoms with Crippen LogP contribution in [0.1, 0.15) is 11.3 Å². The Morgan fingerprint density at radius 2 is 1.88 bits per heavy atom. The molecule has 0 fully saturated rings. The first-order chi connectivity index (χ1) is 16.6. The second-order valence-electron chi connectivity index (χ2n) is 7.38. The van der Waals surface area contributed by atoms with Gasteiger partial charge >= 0.3 is 0 Å². The number of rotatable bonds is 8. The predicted octanol–water partition coefficient (Wildman–Crippen LogP) is 1.62. The number of anilines is 1. The molecule has 1 aromatic carbocycles. The molecule has 34 heavy (non-hydrogen) atoms. The van der Waals surface area contributed by atoms with Gasteiger partial charge in [-0.1, -0.05) is 12.1 Å². The molecular formula is C24H24N8O2. The Hall–Kier alpha value is -4.57. The van der Waals surface area contributed by atoms with Gasteiger partial charge in [-0.05, 0) is 49.0 Å². The van der Waals surface area contributed by atoms with Crippen LogP contribution in [0.5, 0.6) is 0 Å². The molecule has 4 aromatic rings. The monoisotopic (exact) mass is 456 g/mol. The number of fused-ring (bicyclic) bond motifs is 1. The van der Waals surface area contributed by atoms with Crippen molar-refractivity contribution in [3.05, 3.63) is 72.2 Å². The van der Waals surface area contributed by atoms with Crippen LogP contribution in [0.4, 0.5) is 5.82 Å². The lowest BCUT2D eigenvalue weighted by Gasteiger charge is -2.12. The van der Waals surface area contributed by atoms with E-state index >= 15 is 0 Å². The first-order valence-electron chi connectivity index (χ1n) is 10.5. The molecule has 0 aliphatic heterocycles. The van der Waals surface area contributed by atoms with Gasteiger partial charge in [-0.3, -0.25) is 19.5 Å². The Labute approximate surface area is 195 Å². The SMILES string of the molecule is CN/C=C(\C(=O)NC=O)c1ccc2nc(-c3cccnc3N)n(-c3ccc(CNC)cc3)c2n1. The highest BCUT2D eigenvalue weighted by Gasteiger charge is 2.20. The zero-order valence-electron chi connectivity index (χ0n) is 18.7. The molecule has 2 amide bonds. The van der Waals surface area contributed by atoms with Crippen LogP contribution in [0.3, 0.4) is 0 Å². The lowest BCUT2D eigenvalue weighted by atomic mass is 10.1. The molecule has 10 heteroatoms. The van der Waals surface area contributed by atoms with Crippen LogP contribution in [0.15, 0.2) is 60.9 Å². The number of nitrogens with zero attached hydrogens (tertiary/aromatic N) is 4. The second-order valence-corrected chi connectivity index (χ2v) is 7.38. The van der Waals surface area contributed by atoms with E-state index in [0.717, 1.165) is 17.8 Å². The summed E-state index contributed by atoms with van der Waals surface area (Å²) in [4.78, 5) is 37.0. The molecular weight excluding hydrogens is 432 g/mol. The lowest BCUT2D eigenvalue weighted by molar-refractivity contribution is -0.121. The molecule has 172 valence electrons. The summed E-state index contributed by atoms with van der Waals surface area (Å²) >= 11 is 0. The van der Waals surface area contributed by atoms with Crippen molar-refractivity contribution in [2.45, 2.75) is 6.54 Å². The molecule has 3 heterocycles. The maximum Gasteiger partial charge on any atom is 0.261 e. The van der Waals surface area contributed by atoms with Crippen molar-refractivity contribution in [1.82, 2.24) is 35.5 Å². The predicted molar refractivity (Wildman–Crippen MR) is 131 cm³/mol. The Kier molecular flexibility index (Phi) is 6.60. The van der Waals surface area contributed by atoms with E-state index in [0.29, 0.717) is 40.5 Å². The van der Waals surface area contributed by atoms with E-state index in [9.17, 15) is 9.59 Å². The molecule has 0 spiro atoms. The van der Waals surface area contributed by atoms with E-state index in [2.05, 4.69) is 20.9 Å². The fourth-order valence-corrected chi connectivity index (χ4v) is 3.64. The minimum absolute atomic E-state index is 0.205. The third-order valence-electron chi connectivity index (χ3n) is 5.16. The number of carbonyl (C=O) groups is 2. The molecule has 0 saturated heterocycles. The number of aromatic nitrogens is 4. The number of pyridine rings is 2. The minimum atomic E-state index is -0.574. The van der Waals surface area contributed by atoms with Gasteiger partial charge in [0, 0.05) is 31.7 Å². The number of nitrogens with one attached hydrogen (secondary N) is 3. The Morgan fingerprint density at radius 1 is 1.09 bits per heavy atom. The molecule has 4 rings (SSSR count). The molecule has 0 radical (unpaired) electrons. The molecule has 3 aromatic heterocycles. The highest BCUT2D eigenvalue weighted by molar-refractivity contribution is 6.21. The minimum Gasteiger partial charge on any atom is -0.393 e. The number of carbonyl (C=O) groups excluding carboxylic acids is 2. The van der Waals surface area contributed by atoms with E-state index < -0.39 is 5.91 Å². The van der Waals surface area contributed by atoms with Crippen LogP contribution < -0.4 is 21.7 Å². The third kappa shape index (κ3) is 4.34. The highest BCUT2D eigenvalue weighted by atomic mass is 16.2. The fourth-order valence-electron chi connectivity index (χ4n) is 3.64. The van der Waals surface area contributed by atoms with Gasteiger partial charge in [0.05, 0.1) is 16.8 Å². The Balaban J connectivity index is 1.96. The number of nitrogens with two attached hydrogens (primary N) is 1. The summed E-state index contributed by atoms with van der Waals surface area (Å²) in [7, 11) is 3.55. The van der Waals surface area contributed by atoms with E-state index in [1.807, 2.05) is 41.9 Å². The van der Waals surface area contributed by atoms with Crippen LogP contribution in [-0.4, -0.2) is 45.9 Å². The summed E-state index contributed by atoms with van der Waals surface area (Å²) < 4.78 is 1.88. The van der Waals surface area contributed by atoms with Crippen molar-refractivity contribution in [3.8, 4) is 17.1 Å². The molecule has 5 N–H and O–H groups in total. The highest BCUT2D eigenvalue weighted by Crippen LogP contribution is 2.31. The maximum absolute atomic E-state index is 12.5. The number of imide groups is 1. The van der Waals surface area contributed by atoms with Crippen LogP contribution >= 0.6 is 0 Å². The molecule has 10 nitrogen and oxygen atoms in total. The quantitative estimate of drug-likeness (QED) is 0.232. The van der Waals surface area contributed by atoms with Gasteiger partial charge in [0.2, 0.25) is 6.41 Å². The van der Waals surface area contributed by atoms with Crippen molar-refractivity contribution < 1.29 is 9.59 Å². The summed E-state index contributed by atoms with van der Waals surface area (Å²) in [6.45, 7) is 0.736. The zero-order chi connectivity index (χ0) is 24.1. The normalized spacial score (nSPS) is 11.4. The van der Waals surface area contributed by atoms with E-state index in [1.165, 1.54) is 6.20 Å². The molecule has 0 unspecified atom stereocenters. The average molecular weight is 457 g/mol. The fraction of sp³-hybridized carbons (Fsp3) is 0.125. The zero-order valence-corrected chi connectivity index (χ0v) is 18.7. The van der Waals surface area contributed by atoms with Gasteiger partial charge in [-0.15, -0.1) is 0 Å². The first-order valence-corrected chi connectivity index (χ1v) is 10.5. The lowest BCUT2D eigenvalue weighted by Crippen LogP contribution is -2.24. The van der Waals surface area contributed by atoms with Crippen molar-refractivity contribution in [3.63, 3.8) is 0 Å².